The quantitative estimate of drug-likeness (QED) is 0.304. The second-order valence-electron chi connectivity index (χ2n) is 9.32. The second kappa shape index (κ2) is 10.1. The molecule has 0 unspecified atom stereocenters. The van der Waals surface area contributed by atoms with E-state index in [1.807, 2.05) is 25.1 Å². The molecule has 0 spiro atoms. The highest BCUT2D eigenvalue weighted by molar-refractivity contribution is 7.89. The Hall–Kier alpha value is -3.16. The van der Waals surface area contributed by atoms with E-state index in [-0.39, 0.29) is 11.7 Å². The van der Waals surface area contributed by atoms with Gasteiger partial charge >= 0.3 is 0 Å². The summed E-state index contributed by atoms with van der Waals surface area (Å²) in [4.78, 5) is 0.298. The minimum absolute atomic E-state index is 0.233. The molecule has 1 aromatic heterocycles. The van der Waals surface area contributed by atoms with Gasteiger partial charge < -0.3 is 9.30 Å². The van der Waals surface area contributed by atoms with E-state index in [0.29, 0.717) is 36.9 Å². The Balaban J connectivity index is 1.38. The largest absolute Gasteiger partial charge is 0.494 e. The molecule has 1 saturated heterocycles. The highest BCUT2D eigenvalue weighted by Crippen LogP contribution is 2.38. The minimum atomic E-state index is -3.55. The Kier molecular flexibility index (Phi) is 6.86. The number of hydrogen-bond donors (Lipinski definition) is 0. The first-order valence-corrected chi connectivity index (χ1v) is 13.9. The lowest BCUT2D eigenvalue weighted by Crippen LogP contribution is -2.38. The molecule has 188 valence electrons. The van der Waals surface area contributed by atoms with Crippen molar-refractivity contribution in [1.29, 1.82) is 0 Å². The Bertz CT molecular complexity index is 1470. The van der Waals surface area contributed by atoms with Crippen LogP contribution in [0.2, 0.25) is 0 Å². The average molecular weight is 507 g/mol. The predicted molar refractivity (Wildman–Crippen MR) is 141 cm³/mol. The Morgan fingerprint density at radius 2 is 1.69 bits per heavy atom. The monoisotopic (exact) mass is 506 g/mol. The second-order valence-corrected chi connectivity index (χ2v) is 11.3. The smallest absolute Gasteiger partial charge is 0.243 e. The molecule has 1 aliphatic heterocycles. The van der Waals surface area contributed by atoms with E-state index in [0.717, 1.165) is 29.6 Å². The first-order chi connectivity index (χ1) is 17.4. The van der Waals surface area contributed by atoms with Gasteiger partial charge in [0.1, 0.15) is 11.6 Å². The molecule has 0 bridgehead atoms. The van der Waals surface area contributed by atoms with Crippen molar-refractivity contribution in [3.63, 3.8) is 0 Å². The van der Waals surface area contributed by atoms with Crippen LogP contribution in [-0.4, -0.2) is 37.0 Å². The number of rotatable bonds is 7. The first-order valence-electron chi connectivity index (χ1n) is 12.4. The van der Waals surface area contributed by atoms with Crippen molar-refractivity contribution < 1.29 is 17.5 Å². The van der Waals surface area contributed by atoms with Crippen molar-refractivity contribution in [2.45, 2.75) is 44.0 Å². The van der Waals surface area contributed by atoms with Crippen LogP contribution in [0.1, 0.15) is 42.5 Å². The molecule has 5 rings (SSSR count). The Labute approximate surface area is 212 Å². The summed E-state index contributed by atoms with van der Waals surface area (Å²) < 4.78 is 49.6. The highest BCUT2D eigenvalue weighted by Gasteiger charge is 2.32. The third-order valence-corrected chi connectivity index (χ3v) is 9.06. The van der Waals surface area contributed by atoms with Crippen molar-refractivity contribution in [3.05, 3.63) is 95.4 Å². The van der Waals surface area contributed by atoms with Crippen LogP contribution in [0.3, 0.4) is 0 Å². The first kappa shape index (κ1) is 24.5. The molecule has 0 aliphatic carbocycles. The summed E-state index contributed by atoms with van der Waals surface area (Å²) >= 11 is 0. The van der Waals surface area contributed by atoms with Gasteiger partial charge in [-0.05, 0) is 86.2 Å². The van der Waals surface area contributed by atoms with Crippen LogP contribution in [0.25, 0.3) is 10.9 Å². The number of sulfonamides is 1. The molecule has 5 nitrogen and oxygen atoms in total. The predicted octanol–water partition coefficient (Wildman–Crippen LogP) is 6.10. The van der Waals surface area contributed by atoms with E-state index >= 15 is 0 Å². The third-order valence-electron chi connectivity index (χ3n) is 7.14. The minimum Gasteiger partial charge on any atom is -0.494 e. The number of nitrogens with zero attached hydrogens (tertiary/aromatic N) is 2. The third kappa shape index (κ3) is 4.65. The van der Waals surface area contributed by atoms with E-state index in [1.165, 1.54) is 17.0 Å². The summed E-state index contributed by atoms with van der Waals surface area (Å²) in [5.41, 5.74) is 4.48. The zero-order valence-corrected chi connectivity index (χ0v) is 21.5. The molecule has 0 radical (unpaired) electrons. The SMILES string of the molecule is CCOc1ccc(S(=O)(=O)N2CCC(c3c(C)n(Cc4cccc(F)c4)c4ccccc34)CC2)cc1. The van der Waals surface area contributed by atoms with Gasteiger partial charge in [0, 0.05) is 36.2 Å². The van der Waals surface area contributed by atoms with Crippen molar-refractivity contribution in [2.24, 2.45) is 0 Å². The number of piperidine rings is 1. The molecule has 7 heteroatoms. The van der Waals surface area contributed by atoms with E-state index < -0.39 is 10.0 Å². The molecule has 0 atom stereocenters. The summed E-state index contributed by atoms with van der Waals surface area (Å²) in [5.74, 6) is 0.693. The van der Waals surface area contributed by atoms with Crippen LogP contribution in [0.15, 0.2) is 77.7 Å². The van der Waals surface area contributed by atoms with Gasteiger partial charge in [-0.15, -0.1) is 0 Å². The van der Waals surface area contributed by atoms with Crippen molar-refractivity contribution >= 4 is 20.9 Å². The zero-order valence-electron chi connectivity index (χ0n) is 20.7. The Morgan fingerprint density at radius 3 is 2.39 bits per heavy atom. The maximum atomic E-state index is 13.8. The number of aromatic nitrogens is 1. The standard InChI is InChI=1S/C29H31FN2O3S/c1-3-35-25-11-13-26(14-12-25)36(33,34)31-17-15-23(16-18-31)29-21(2)32(28-10-5-4-9-27(28)29)20-22-7-6-8-24(30)19-22/h4-14,19,23H,3,15-18,20H2,1-2H3. The molecule has 2 heterocycles. The van der Waals surface area contributed by atoms with Crippen LogP contribution in [-0.2, 0) is 16.6 Å². The molecule has 1 aliphatic rings. The van der Waals surface area contributed by atoms with Crippen LogP contribution in [0.4, 0.5) is 4.39 Å². The van der Waals surface area contributed by atoms with Crippen molar-refractivity contribution in [1.82, 2.24) is 8.87 Å². The topological polar surface area (TPSA) is 51.5 Å². The van der Waals surface area contributed by atoms with Crippen molar-refractivity contribution in [2.75, 3.05) is 19.7 Å². The lowest BCUT2D eigenvalue weighted by Gasteiger charge is -2.31. The number of halogens is 1. The summed E-state index contributed by atoms with van der Waals surface area (Å²) in [5, 5.41) is 1.19. The summed E-state index contributed by atoms with van der Waals surface area (Å²) in [6.45, 7) is 6.10. The molecule has 36 heavy (non-hydrogen) atoms. The van der Waals surface area contributed by atoms with Crippen LogP contribution >= 0.6 is 0 Å². The zero-order chi connectivity index (χ0) is 25.3. The molecule has 1 fully saturated rings. The van der Waals surface area contributed by atoms with Gasteiger partial charge in [-0.25, -0.2) is 12.8 Å². The van der Waals surface area contributed by atoms with Crippen LogP contribution < -0.4 is 4.74 Å². The maximum Gasteiger partial charge on any atom is 0.243 e. The van der Waals surface area contributed by atoms with Gasteiger partial charge in [-0.3, -0.25) is 0 Å². The van der Waals surface area contributed by atoms with E-state index in [9.17, 15) is 12.8 Å². The van der Waals surface area contributed by atoms with Gasteiger partial charge in [-0.2, -0.15) is 4.31 Å². The number of benzene rings is 3. The normalized spacial score (nSPS) is 15.4. The van der Waals surface area contributed by atoms with Gasteiger partial charge in [0.25, 0.3) is 0 Å². The van der Waals surface area contributed by atoms with E-state index in [1.54, 1.807) is 40.7 Å². The fourth-order valence-corrected chi connectivity index (χ4v) is 6.87. The number of fused-ring (bicyclic) bond motifs is 1. The molecule has 3 aromatic carbocycles. The fraction of sp³-hybridized carbons (Fsp3) is 0.310. The van der Waals surface area contributed by atoms with Gasteiger partial charge in [-0.1, -0.05) is 30.3 Å². The van der Waals surface area contributed by atoms with Gasteiger partial charge in [0.2, 0.25) is 10.0 Å². The van der Waals surface area contributed by atoms with E-state index in [4.69, 9.17) is 4.74 Å². The maximum absolute atomic E-state index is 13.8. The van der Waals surface area contributed by atoms with Crippen LogP contribution in [0, 0.1) is 12.7 Å². The number of hydrogen-bond acceptors (Lipinski definition) is 3. The molecular weight excluding hydrogens is 475 g/mol. The molecule has 0 saturated carbocycles. The molecule has 4 aromatic rings. The van der Waals surface area contributed by atoms with Crippen molar-refractivity contribution in [3.8, 4) is 5.75 Å². The summed E-state index contributed by atoms with van der Waals surface area (Å²) in [7, 11) is -3.55. The molecule has 0 amide bonds. The van der Waals surface area contributed by atoms with E-state index in [2.05, 4.69) is 23.6 Å². The molecular formula is C29H31FN2O3S. The fourth-order valence-electron chi connectivity index (χ4n) is 5.40. The van der Waals surface area contributed by atoms with Gasteiger partial charge in [0.15, 0.2) is 0 Å². The Morgan fingerprint density at radius 1 is 0.972 bits per heavy atom. The van der Waals surface area contributed by atoms with Crippen LogP contribution in [0.5, 0.6) is 5.75 Å². The molecule has 0 N–H and O–H groups in total. The number of para-hydroxylation sites is 1. The lowest BCUT2D eigenvalue weighted by atomic mass is 9.88. The average Bonchev–Trinajstić information content (AvgIpc) is 3.16. The summed E-state index contributed by atoms with van der Waals surface area (Å²) in [6.07, 6.45) is 1.51. The number of ether oxygens (including phenoxy) is 1. The summed E-state index contributed by atoms with van der Waals surface area (Å²) in [6, 6.07) is 21.7. The lowest BCUT2D eigenvalue weighted by molar-refractivity contribution is 0.319. The van der Waals surface area contributed by atoms with Gasteiger partial charge in [0.05, 0.1) is 11.5 Å². The highest BCUT2D eigenvalue weighted by atomic mass is 32.2.